The number of para-hydroxylation sites is 1. The summed E-state index contributed by atoms with van der Waals surface area (Å²) in [6.07, 6.45) is 0. The molecule has 0 amide bonds. The molecule has 13 rings (SSSR count). The molecule has 2 aliphatic rings. The summed E-state index contributed by atoms with van der Waals surface area (Å²) in [5, 5.41) is 15.7. The Morgan fingerprint density at radius 1 is 0.311 bits per heavy atom. The second-order valence-electron chi connectivity index (χ2n) is 18.4. The van der Waals surface area contributed by atoms with Gasteiger partial charge in [0.05, 0.1) is 5.69 Å². The topological polar surface area (TPSA) is 3.24 Å². The third-order valence-corrected chi connectivity index (χ3v) is 14.5. The van der Waals surface area contributed by atoms with Crippen LogP contribution < -0.4 is 4.90 Å². The molecular weight excluding hydrogens is 735 g/mol. The maximum absolute atomic E-state index is 2.52. The Morgan fingerprint density at radius 3 is 1.38 bits per heavy atom. The number of fused-ring (bicyclic) bond motifs is 19. The summed E-state index contributed by atoms with van der Waals surface area (Å²) in [5.41, 5.74) is 14.2. The van der Waals surface area contributed by atoms with E-state index in [1.165, 1.54) is 115 Å². The lowest BCUT2D eigenvalue weighted by Crippen LogP contribution is -2.17. The minimum absolute atomic E-state index is 0.178. The highest BCUT2D eigenvalue weighted by molar-refractivity contribution is 6.23. The Bertz CT molecular complexity index is 3700. The first-order valence-corrected chi connectivity index (χ1v) is 21.7. The fourth-order valence-corrected chi connectivity index (χ4v) is 11.8. The summed E-state index contributed by atoms with van der Waals surface area (Å²) in [7, 11) is 0. The highest BCUT2D eigenvalue weighted by Crippen LogP contribution is 2.59. The number of nitrogens with zero attached hydrogens (tertiary/aromatic N) is 1. The van der Waals surface area contributed by atoms with E-state index in [0.717, 1.165) is 11.4 Å². The minimum Gasteiger partial charge on any atom is -0.310 e. The third-order valence-electron chi connectivity index (χ3n) is 14.5. The predicted octanol–water partition coefficient (Wildman–Crippen LogP) is 16.7. The zero-order valence-electron chi connectivity index (χ0n) is 34.8. The number of hydrogen-bond acceptors (Lipinski definition) is 1. The molecule has 0 fully saturated rings. The van der Waals surface area contributed by atoms with Crippen LogP contribution in [0.2, 0.25) is 0 Å². The van der Waals surface area contributed by atoms with E-state index in [4.69, 9.17) is 0 Å². The van der Waals surface area contributed by atoms with Gasteiger partial charge in [0.15, 0.2) is 0 Å². The largest absolute Gasteiger partial charge is 0.310 e. The van der Waals surface area contributed by atoms with Crippen LogP contribution in [0.4, 0.5) is 17.1 Å². The first-order chi connectivity index (χ1) is 29.8. The molecule has 61 heavy (non-hydrogen) atoms. The van der Waals surface area contributed by atoms with Crippen LogP contribution in [0.3, 0.4) is 0 Å². The lowest BCUT2D eigenvalue weighted by atomic mass is 9.79. The summed E-state index contributed by atoms with van der Waals surface area (Å²) in [6.45, 7) is 9.72. The van der Waals surface area contributed by atoms with E-state index >= 15 is 0 Å². The van der Waals surface area contributed by atoms with Crippen LogP contribution >= 0.6 is 0 Å². The molecule has 0 radical (unpaired) electrons. The van der Waals surface area contributed by atoms with E-state index in [0.29, 0.717) is 0 Å². The quantitative estimate of drug-likeness (QED) is 0.162. The SMILES string of the molecule is CC1(C)c2cc3cc(N(c4ccccc4)c4cc5c(c6ccccc46)-c4c(c6ccccc6c6ccccc46)C5(C)C)ccc3cc2-c2c1c1ccccc1c1ccccc21. The maximum atomic E-state index is 2.52. The van der Waals surface area contributed by atoms with Crippen LogP contribution in [0, 0.1) is 0 Å². The summed E-state index contributed by atoms with van der Waals surface area (Å²) >= 11 is 0. The number of hydrogen-bond donors (Lipinski definition) is 0. The first-order valence-electron chi connectivity index (χ1n) is 21.7. The third kappa shape index (κ3) is 4.56. The molecular formula is C60H43N. The van der Waals surface area contributed by atoms with Crippen molar-refractivity contribution < 1.29 is 0 Å². The molecule has 0 N–H and O–H groups in total. The Kier molecular flexibility index (Phi) is 6.91. The maximum Gasteiger partial charge on any atom is 0.0543 e. The molecule has 0 aromatic heterocycles. The van der Waals surface area contributed by atoms with E-state index in [1.807, 2.05) is 0 Å². The van der Waals surface area contributed by atoms with Gasteiger partial charge in [-0.15, -0.1) is 0 Å². The van der Waals surface area contributed by atoms with E-state index in [2.05, 4.69) is 221 Å². The van der Waals surface area contributed by atoms with Crippen LogP contribution in [-0.2, 0) is 10.8 Å². The van der Waals surface area contributed by atoms with Crippen molar-refractivity contribution in [3.05, 3.63) is 210 Å². The lowest BCUT2D eigenvalue weighted by Gasteiger charge is -2.30. The summed E-state index contributed by atoms with van der Waals surface area (Å²) < 4.78 is 0. The number of anilines is 3. The summed E-state index contributed by atoms with van der Waals surface area (Å²) in [4.78, 5) is 2.51. The van der Waals surface area contributed by atoms with Crippen LogP contribution in [-0.4, -0.2) is 0 Å². The molecule has 11 aromatic rings. The van der Waals surface area contributed by atoms with Crippen molar-refractivity contribution >= 4 is 81.7 Å². The molecule has 0 saturated heterocycles. The van der Waals surface area contributed by atoms with Gasteiger partial charge in [-0.25, -0.2) is 0 Å². The number of benzene rings is 11. The fraction of sp³-hybridized carbons (Fsp3) is 0.100. The molecule has 11 aromatic carbocycles. The second kappa shape index (κ2) is 12.2. The van der Waals surface area contributed by atoms with Gasteiger partial charge in [0.2, 0.25) is 0 Å². The molecule has 0 saturated carbocycles. The van der Waals surface area contributed by atoms with Crippen molar-refractivity contribution in [2.45, 2.75) is 38.5 Å². The van der Waals surface area contributed by atoms with E-state index in [9.17, 15) is 0 Å². The Balaban J connectivity index is 1.06. The fourth-order valence-electron chi connectivity index (χ4n) is 11.8. The molecule has 0 bridgehead atoms. The molecule has 0 heterocycles. The predicted molar refractivity (Wildman–Crippen MR) is 261 cm³/mol. The average molecular weight is 778 g/mol. The van der Waals surface area contributed by atoms with Gasteiger partial charge in [0.25, 0.3) is 0 Å². The summed E-state index contributed by atoms with van der Waals surface area (Å²) in [6, 6.07) is 70.7. The minimum atomic E-state index is -0.242. The van der Waals surface area contributed by atoms with Gasteiger partial charge >= 0.3 is 0 Å². The van der Waals surface area contributed by atoms with Crippen LogP contribution in [0.1, 0.15) is 49.9 Å². The van der Waals surface area contributed by atoms with Gasteiger partial charge in [-0.3, -0.25) is 0 Å². The van der Waals surface area contributed by atoms with Gasteiger partial charge < -0.3 is 4.90 Å². The molecule has 1 nitrogen and oxygen atoms in total. The molecule has 1 heteroatoms. The first kappa shape index (κ1) is 34.6. The molecule has 288 valence electrons. The van der Waals surface area contributed by atoms with Crippen LogP contribution in [0.25, 0.3) is 86.9 Å². The standard InChI is InChI=1S/C60H43N/c1-59(2)51-34-37-32-39(31-30-36(37)33-50(51)54-45-25-13-8-20-40(45)42-22-10-16-28-48(42)57(54)59)61(38-18-6-5-7-19-38)53-35-52-55(47-27-15-12-24-44(47)53)56-46-26-14-9-21-41(46)43-23-11-17-29-49(43)58(56)60(52,3)4/h5-35H,1-4H3. The van der Waals surface area contributed by atoms with Crippen molar-refractivity contribution in [1.82, 2.24) is 0 Å². The van der Waals surface area contributed by atoms with E-state index in [1.54, 1.807) is 0 Å². The monoisotopic (exact) mass is 777 g/mol. The summed E-state index contributed by atoms with van der Waals surface area (Å²) in [5.74, 6) is 0. The van der Waals surface area contributed by atoms with Crippen molar-refractivity contribution in [1.29, 1.82) is 0 Å². The van der Waals surface area contributed by atoms with Crippen molar-refractivity contribution in [2.24, 2.45) is 0 Å². The molecule has 0 spiro atoms. The molecule has 2 aliphatic carbocycles. The number of rotatable bonds is 3. The highest BCUT2D eigenvalue weighted by atomic mass is 15.1. The molecule has 0 unspecified atom stereocenters. The van der Waals surface area contributed by atoms with Gasteiger partial charge in [-0.05, 0) is 146 Å². The van der Waals surface area contributed by atoms with Crippen LogP contribution in [0.15, 0.2) is 188 Å². The van der Waals surface area contributed by atoms with Gasteiger partial charge in [0, 0.05) is 27.6 Å². The van der Waals surface area contributed by atoms with Crippen molar-refractivity contribution in [3.8, 4) is 22.3 Å². The van der Waals surface area contributed by atoms with E-state index in [-0.39, 0.29) is 10.8 Å². The normalized spacial score (nSPS) is 14.5. The van der Waals surface area contributed by atoms with Crippen LogP contribution in [0.5, 0.6) is 0 Å². The van der Waals surface area contributed by atoms with E-state index < -0.39 is 0 Å². The van der Waals surface area contributed by atoms with Gasteiger partial charge in [-0.1, -0.05) is 173 Å². The Morgan fingerprint density at radius 2 is 0.770 bits per heavy atom. The zero-order valence-corrected chi connectivity index (χ0v) is 34.8. The second-order valence-corrected chi connectivity index (χ2v) is 18.4. The molecule has 0 aliphatic heterocycles. The van der Waals surface area contributed by atoms with Crippen molar-refractivity contribution in [3.63, 3.8) is 0 Å². The van der Waals surface area contributed by atoms with Crippen molar-refractivity contribution in [2.75, 3.05) is 4.90 Å². The van der Waals surface area contributed by atoms with Gasteiger partial charge in [-0.2, -0.15) is 0 Å². The Hall–Kier alpha value is -7.22. The lowest BCUT2D eigenvalue weighted by molar-refractivity contribution is 0.667. The van der Waals surface area contributed by atoms with Gasteiger partial charge in [0.1, 0.15) is 0 Å². The average Bonchev–Trinajstić information content (AvgIpc) is 3.68. The molecule has 0 atom stereocenters. The smallest absolute Gasteiger partial charge is 0.0543 e. The zero-order chi connectivity index (χ0) is 40.8. The Labute approximate surface area is 356 Å². The highest BCUT2D eigenvalue weighted by Gasteiger charge is 2.41.